The van der Waals surface area contributed by atoms with E-state index in [1.54, 1.807) is 0 Å². The average molecular weight is 359 g/mol. The van der Waals surface area contributed by atoms with Gasteiger partial charge < -0.3 is 56.3 Å². The summed E-state index contributed by atoms with van der Waals surface area (Å²) in [4.78, 5) is 12.7. The third-order valence-corrected chi connectivity index (χ3v) is 4.60. The average Bonchev–Trinajstić information content (AvgIpc) is 2.62. The molecule has 11 heteroatoms. The van der Waals surface area contributed by atoms with Crippen LogP contribution in [0.2, 0.25) is 0 Å². The maximum Gasteiger partial charge on any atom is 0.186 e. The normalized spacial score (nSPS) is 16.2. The zero-order valence-electron chi connectivity index (χ0n) is 13.8. The van der Waals surface area contributed by atoms with E-state index in [9.17, 15) is 4.79 Å². The second-order valence-corrected chi connectivity index (χ2v) is 6.09. The maximum absolute atomic E-state index is 12.7. The SMILES string of the molecule is Nc1c(N)c(N)c(C2Oc3c(N)c(N)c(N)c(N)c3CC2=O)c(N)c1N. The summed E-state index contributed by atoms with van der Waals surface area (Å²) in [5.41, 5.74) is 54.0. The van der Waals surface area contributed by atoms with E-state index < -0.39 is 6.10 Å². The molecule has 18 N–H and O–H groups in total. The number of ketones is 1. The van der Waals surface area contributed by atoms with Gasteiger partial charge in [0.05, 0.1) is 51.1 Å². The van der Waals surface area contributed by atoms with Crippen molar-refractivity contribution < 1.29 is 9.53 Å². The van der Waals surface area contributed by atoms with E-state index >= 15 is 0 Å². The molecule has 1 unspecified atom stereocenters. The van der Waals surface area contributed by atoms with Crippen LogP contribution in [0.25, 0.3) is 0 Å². The third kappa shape index (κ3) is 2.03. The second kappa shape index (κ2) is 5.31. The molecule has 1 aliphatic rings. The molecule has 0 saturated heterocycles. The van der Waals surface area contributed by atoms with Crippen LogP contribution < -0.4 is 56.3 Å². The van der Waals surface area contributed by atoms with Gasteiger partial charge in [0, 0.05) is 12.0 Å². The van der Waals surface area contributed by atoms with Crippen LogP contribution in [0.3, 0.4) is 0 Å². The number of rotatable bonds is 1. The van der Waals surface area contributed by atoms with Gasteiger partial charge in [-0.05, 0) is 0 Å². The molecule has 2 aromatic rings. The summed E-state index contributed by atoms with van der Waals surface area (Å²) in [5, 5.41) is 0. The fraction of sp³-hybridized carbons (Fsp3) is 0.133. The zero-order valence-corrected chi connectivity index (χ0v) is 13.8. The lowest BCUT2D eigenvalue weighted by Gasteiger charge is -2.30. The zero-order chi connectivity index (χ0) is 19.5. The number of carbonyl (C=O) groups is 1. The Morgan fingerprint density at radius 2 is 1.04 bits per heavy atom. The first-order valence-electron chi connectivity index (χ1n) is 7.53. The molecular formula is C15H21N9O2. The molecular weight excluding hydrogens is 338 g/mol. The molecule has 0 aliphatic carbocycles. The standard InChI is InChI=1S/C15H21N9O2/c16-5-2-1-3(25)15(26-14(2)13(24)12(23)8(5)19)4-6(17)9(20)11(22)10(21)7(4)18/h15H,1,16-24H2. The van der Waals surface area contributed by atoms with E-state index in [1.807, 2.05) is 0 Å². The number of fused-ring (bicyclic) bond motifs is 1. The van der Waals surface area contributed by atoms with E-state index in [1.165, 1.54) is 0 Å². The first kappa shape index (κ1) is 17.0. The van der Waals surface area contributed by atoms with Gasteiger partial charge in [-0.25, -0.2) is 0 Å². The minimum absolute atomic E-state index is 0.00552. The number of carbonyl (C=O) groups excluding carboxylic acids is 1. The number of benzene rings is 2. The predicted octanol–water partition coefficient (Wildman–Crippen LogP) is -0.828. The molecule has 1 atom stereocenters. The Kier molecular flexibility index (Phi) is 3.46. The highest BCUT2D eigenvalue weighted by atomic mass is 16.5. The van der Waals surface area contributed by atoms with E-state index in [4.69, 9.17) is 56.3 Å². The van der Waals surface area contributed by atoms with Crippen molar-refractivity contribution in [1.29, 1.82) is 0 Å². The van der Waals surface area contributed by atoms with E-state index in [2.05, 4.69) is 0 Å². The number of anilines is 9. The van der Waals surface area contributed by atoms with Gasteiger partial charge >= 0.3 is 0 Å². The lowest BCUT2D eigenvalue weighted by molar-refractivity contribution is -0.126. The lowest BCUT2D eigenvalue weighted by Crippen LogP contribution is -2.30. The maximum atomic E-state index is 12.7. The molecule has 3 rings (SSSR count). The summed E-state index contributed by atoms with van der Waals surface area (Å²) in [6.45, 7) is 0. The molecule has 0 radical (unpaired) electrons. The number of hydrogen-bond donors (Lipinski definition) is 9. The largest absolute Gasteiger partial charge is 0.475 e. The summed E-state index contributed by atoms with van der Waals surface area (Å²) >= 11 is 0. The molecule has 0 saturated carbocycles. The van der Waals surface area contributed by atoms with Crippen molar-refractivity contribution in [2.24, 2.45) is 0 Å². The van der Waals surface area contributed by atoms with Crippen LogP contribution in [0, 0.1) is 0 Å². The molecule has 1 heterocycles. The van der Waals surface area contributed by atoms with Crippen LogP contribution in [0.4, 0.5) is 51.2 Å². The van der Waals surface area contributed by atoms with Crippen molar-refractivity contribution in [1.82, 2.24) is 0 Å². The second-order valence-electron chi connectivity index (χ2n) is 6.09. The Hall–Kier alpha value is -3.89. The van der Waals surface area contributed by atoms with Gasteiger partial charge in [0.25, 0.3) is 0 Å². The van der Waals surface area contributed by atoms with Gasteiger partial charge in [0.15, 0.2) is 17.6 Å². The minimum Gasteiger partial charge on any atom is -0.475 e. The molecule has 138 valence electrons. The molecule has 2 aromatic carbocycles. The number of nitrogens with two attached hydrogens (primary N) is 9. The van der Waals surface area contributed by atoms with Crippen LogP contribution in [-0.2, 0) is 11.2 Å². The Labute approximate surface area is 148 Å². The van der Waals surface area contributed by atoms with Crippen LogP contribution in [0.15, 0.2) is 0 Å². The van der Waals surface area contributed by atoms with E-state index in [-0.39, 0.29) is 74.7 Å². The van der Waals surface area contributed by atoms with Crippen LogP contribution in [0.5, 0.6) is 5.75 Å². The van der Waals surface area contributed by atoms with Crippen molar-refractivity contribution >= 4 is 57.0 Å². The molecule has 0 fully saturated rings. The highest BCUT2D eigenvalue weighted by Crippen LogP contribution is 2.49. The van der Waals surface area contributed by atoms with Gasteiger partial charge in [-0.3, -0.25) is 4.79 Å². The molecule has 1 aliphatic heterocycles. The van der Waals surface area contributed by atoms with E-state index in [0.29, 0.717) is 5.56 Å². The summed E-state index contributed by atoms with van der Waals surface area (Å²) in [5.74, 6) is -0.235. The number of Topliss-reactive ketones (excluding diaryl/α,β-unsaturated/α-hetero) is 1. The fourth-order valence-electron chi connectivity index (χ4n) is 2.99. The van der Waals surface area contributed by atoms with Gasteiger partial charge in [-0.2, -0.15) is 0 Å². The Bertz CT molecular complexity index is 942. The van der Waals surface area contributed by atoms with Crippen molar-refractivity contribution in [2.45, 2.75) is 12.5 Å². The van der Waals surface area contributed by atoms with Crippen molar-refractivity contribution in [3.05, 3.63) is 11.1 Å². The van der Waals surface area contributed by atoms with Crippen LogP contribution in [0.1, 0.15) is 17.2 Å². The Morgan fingerprint density at radius 1 is 0.615 bits per heavy atom. The first-order valence-corrected chi connectivity index (χ1v) is 7.53. The predicted molar refractivity (Wildman–Crippen MR) is 105 cm³/mol. The van der Waals surface area contributed by atoms with E-state index in [0.717, 1.165) is 0 Å². The number of ether oxygens (including phenoxy) is 1. The van der Waals surface area contributed by atoms with Gasteiger partial charge in [0.1, 0.15) is 5.69 Å². The smallest absolute Gasteiger partial charge is 0.186 e. The van der Waals surface area contributed by atoms with Crippen molar-refractivity contribution in [3.63, 3.8) is 0 Å². The number of nitrogen functional groups attached to an aromatic ring is 9. The number of hydrogen-bond acceptors (Lipinski definition) is 11. The summed E-state index contributed by atoms with van der Waals surface area (Å²) in [7, 11) is 0. The summed E-state index contributed by atoms with van der Waals surface area (Å²) < 4.78 is 5.79. The summed E-state index contributed by atoms with van der Waals surface area (Å²) in [6, 6.07) is 0. The monoisotopic (exact) mass is 359 g/mol. The molecule has 0 amide bonds. The van der Waals surface area contributed by atoms with Gasteiger partial charge in [-0.1, -0.05) is 0 Å². The van der Waals surface area contributed by atoms with Crippen LogP contribution in [-0.4, -0.2) is 5.78 Å². The Morgan fingerprint density at radius 3 is 1.58 bits per heavy atom. The highest BCUT2D eigenvalue weighted by molar-refractivity contribution is 6.03. The van der Waals surface area contributed by atoms with Crippen LogP contribution >= 0.6 is 0 Å². The first-order chi connectivity index (χ1) is 12.1. The summed E-state index contributed by atoms with van der Waals surface area (Å²) in [6.07, 6.45) is -1.30. The molecule has 0 bridgehead atoms. The third-order valence-electron chi connectivity index (χ3n) is 4.60. The highest BCUT2D eigenvalue weighted by Gasteiger charge is 2.37. The molecule has 11 nitrogen and oxygen atoms in total. The van der Waals surface area contributed by atoms with Crippen molar-refractivity contribution in [3.8, 4) is 5.75 Å². The lowest BCUT2D eigenvalue weighted by atomic mass is 9.91. The Balaban J connectivity index is 2.23. The quantitative estimate of drug-likeness (QED) is 0.283. The topological polar surface area (TPSA) is 260 Å². The molecule has 0 spiro atoms. The van der Waals surface area contributed by atoms with Gasteiger partial charge in [-0.15, -0.1) is 0 Å². The van der Waals surface area contributed by atoms with Gasteiger partial charge in [0.2, 0.25) is 0 Å². The molecule has 26 heavy (non-hydrogen) atoms. The fourth-order valence-corrected chi connectivity index (χ4v) is 2.99. The van der Waals surface area contributed by atoms with Crippen molar-refractivity contribution in [2.75, 3.05) is 51.6 Å². The minimum atomic E-state index is -1.20. The molecule has 0 aromatic heterocycles.